The minimum Gasteiger partial charge on any atom is -0.409 e. The van der Waals surface area contributed by atoms with Crippen LogP contribution in [0.25, 0.3) is 0 Å². The van der Waals surface area contributed by atoms with E-state index >= 15 is 0 Å². The average molecular weight is 247 g/mol. The monoisotopic (exact) mass is 247 g/mol. The molecular formula is C14H21N3O. The molecule has 98 valence electrons. The lowest BCUT2D eigenvalue weighted by Gasteiger charge is -2.31. The normalized spacial score (nSPS) is 19.1. The summed E-state index contributed by atoms with van der Waals surface area (Å²) in [5, 5.41) is 11.8. The Morgan fingerprint density at radius 3 is 2.67 bits per heavy atom. The summed E-state index contributed by atoms with van der Waals surface area (Å²) in [7, 11) is 0. The first kappa shape index (κ1) is 12.9. The summed E-state index contributed by atoms with van der Waals surface area (Å²) >= 11 is 0. The second-order valence-corrected chi connectivity index (χ2v) is 5.00. The molecule has 0 bridgehead atoms. The smallest absolute Gasteiger partial charge is 0.142 e. The third-order valence-corrected chi connectivity index (χ3v) is 3.78. The van der Waals surface area contributed by atoms with E-state index in [1.54, 1.807) is 0 Å². The fraction of sp³-hybridized carbons (Fsp3) is 0.500. The summed E-state index contributed by atoms with van der Waals surface area (Å²) in [6.07, 6.45) is 1.95. The standard InChI is InChI=1S/C14H21N3O/c1-11-4-2-3-5-13(11)10-17-8-6-12(7-9-17)14(15)16-18/h2-5,12,18H,6-10H2,1H3,(H2,15,16). The van der Waals surface area contributed by atoms with Gasteiger partial charge in [0.2, 0.25) is 0 Å². The number of oxime groups is 1. The van der Waals surface area contributed by atoms with Gasteiger partial charge in [0.25, 0.3) is 0 Å². The van der Waals surface area contributed by atoms with Crippen LogP contribution in [0.3, 0.4) is 0 Å². The van der Waals surface area contributed by atoms with Gasteiger partial charge in [-0.25, -0.2) is 0 Å². The molecule has 4 heteroatoms. The molecule has 18 heavy (non-hydrogen) atoms. The van der Waals surface area contributed by atoms with Crippen LogP contribution in [0.15, 0.2) is 29.4 Å². The molecule has 1 aromatic carbocycles. The Balaban J connectivity index is 1.89. The van der Waals surface area contributed by atoms with E-state index in [1.165, 1.54) is 11.1 Å². The first-order valence-electron chi connectivity index (χ1n) is 6.45. The van der Waals surface area contributed by atoms with Gasteiger partial charge in [-0.1, -0.05) is 29.4 Å². The zero-order valence-electron chi connectivity index (χ0n) is 10.8. The number of aryl methyl sites for hydroxylation is 1. The third kappa shape index (κ3) is 3.01. The number of amidine groups is 1. The van der Waals surface area contributed by atoms with Crippen molar-refractivity contribution in [2.24, 2.45) is 16.8 Å². The number of piperidine rings is 1. The SMILES string of the molecule is Cc1ccccc1CN1CCC(C(N)=NO)CC1. The predicted molar refractivity (Wildman–Crippen MR) is 72.6 cm³/mol. The van der Waals surface area contributed by atoms with E-state index in [4.69, 9.17) is 10.9 Å². The lowest BCUT2D eigenvalue weighted by atomic mass is 9.95. The number of likely N-dealkylation sites (tertiary alicyclic amines) is 1. The lowest BCUT2D eigenvalue weighted by Crippen LogP contribution is -2.38. The van der Waals surface area contributed by atoms with Gasteiger partial charge in [0.15, 0.2) is 0 Å². The zero-order chi connectivity index (χ0) is 13.0. The van der Waals surface area contributed by atoms with Crippen LogP contribution in [0.4, 0.5) is 0 Å². The molecule has 0 atom stereocenters. The molecular weight excluding hydrogens is 226 g/mol. The Bertz CT molecular complexity index is 423. The summed E-state index contributed by atoms with van der Waals surface area (Å²) in [5.74, 6) is 0.619. The largest absolute Gasteiger partial charge is 0.409 e. The van der Waals surface area contributed by atoms with E-state index in [9.17, 15) is 0 Å². The van der Waals surface area contributed by atoms with Gasteiger partial charge in [0, 0.05) is 12.5 Å². The maximum Gasteiger partial charge on any atom is 0.142 e. The molecule has 1 aliphatic heterocycles. The first-order chi connectivity index (χ1) is 8.70. The number of benzene rings is 1. The van der Waals surface area contributed by atoms with Crippen molar-refractivity contribution < 1.29 is 5.21 Å². The van der Waals surface area contributed by atoms with Crippen LogP contribution >= 0.6 is 0 Å². The van der Waals surface area contributed by atoms with Crippen LogP contribution in [-0.2, 0) is 6.54 Å². The maximum atomic E-state index is 8.67. The van der Waals surface area contributed by atoms with Gasteiger partial charge in [-0.2, -0.15) is 0 Å². The van der Waals surface area contributed by atoms with Crippen LogP contribution in [0.1, 0.15) is 24.0 Å². The van der Waals surface area contributed by atoms with Gasteiger partial charge in [-0.15, -0.1) is 0 Å². The Morgan fingerprint density at radius 1 is 1.39 bits per heavy atom. The highest BCUT2D eigenvalue weighted by Crippen LogP contribution is 2.20. The van der Waals surface area contributed by atoms with Gasteiger partial charge in [-0.05, 0) is 44.0 Å². The van der Waals surface area contributed by atoms with Crippen molar-refractivity contribution in [1.82, 2.24) is 4.90 Å². The van der Waals surface area contributed by atoms with E-state index < -0.39 is 0 Å². The molecule has 0 saturated carbocycles. The molecule has 0 unspecified atom stereocenters. The molecule has 0 aliphatic carbocycles. The Hall–Kier alpha value is -1.55. The summed E-state index contributed by atoms with van der Waals surface area (Å²) in [6.45, 7) is 5.17. The number of nitrogens with zero attached hydrogens (tertiary/aromatic N) is 2. The summed E-state index contributed by atoms with van der Waals surface area (Å²) < 4.78 is 0. The van der Waals surface area contributed by atoms with Crippen molar-refractivity contribution in [3.63, 3.8) is 0 Å². The number of hydrogen-bond acceptors (Lipinski definition) is 3. The van der Waals surface area contributed by atoms with Crippen molar-refractivity contribution in [3.05, 3.63) is 35.4 Å². The highest BCUT2D eigenvalue weighted by molar-refractivity contribution is 5.82. The van der Waals surface area contributed by atoms with E-state index in [2.05, 4.69) is 41.2 Å². The predicted octanol–water partition coefficient (Wildman–Crippen LogP) is 1.95. The maximum absolute atomic E-state index is 8.67. The second-order valence-electron chi connectivity index (χ2n) is 5.00. The van der Waals surface area contributed by atoms with Crippen molar-refractivity contribution in [2.75, 3.05) is 13.1 Å². The van der Waals surface area contributed by atoms with Gasteiger partial charge in [-0.3, -0.25) is 4.90 Å². The summed E-state index contributed by atoms with van der Waals surface area (Å²) in [5.41, 5.74) is 8.38. The third-order valence-electron chi connectivity index (χ3n) is 3.78. The molecule has 0 spiro atoms. The van der Waals surface area contributed by atoms with Crippen LogP contribution in [0.5, 0.6) is 0 Å². The molecule has 1 heterocycles. The molecule has 1 fully saturated rings. The summed E-state index contributed by atoms with van der Waals surface area (Å²) in [6, 6.07) is 8.50. The number of rotatable bonds is 3. The van der Waals surface area contributed by atoms with Gasteiger partial charge in [0.1, 0.15) is 5.84 Å². The molecule has 3 N–H and O–H groups in total. The van der Waals surface area contributed by atoms with E-state index in [0.29, 0.717) is 5.84 Å². The number of nitrogens with two attached hydrogens (primary N) is 1. The van der Waals surface area contributed by atoms with Gasteiger partial charge in [0.05, 0.1) is 0 Å². The number of hydrogen-bond donors (Lipinski definition) is 2. The zero-order valence-corrected chi connectivity index (χ0v) is 10.8. The molecule has 1 saturated heterocycles. The minimum atomic E-state index is 0.239. The topological polar surface area (TPSA) is 61.8 Å². The van der Waals surface area contributed by atoms with Crippen molar-refractivity contribution in [2.45, 2.75) is 26.3 Å². The minimum absolute atomic E-state index is 0.239. The van der Waals surface area contributed by atoms with Crippen LogP contribution in [0.2, 0.25) is 0 Å². The van der Waals surface area contributed by atoms with E-state index in [1.807, 2.05) is 0 Å². The van der Waals surface area contributed by atoms with Gasteiger partial charge < -0.3 is 10.9 Å². The molecule has 2 rings (SSSR count). The highest BCUT2D eigenvalue weighted by atomic mass is 16.4. The molecule has 0 aromatic heterocycles. The van der Waals surface area contributed by atoms with Crippen molar-refractivity contribution >= 4 is 5.84 Å². The fourth-order valence-electron chi connectivity index (χ4n) is 2.50. The van der Waals surface area contributed by atoms with Crippen LogP contribution in [-0.4, -0.2) is 29.0 Å². The van der Waals surface area contributed by atoms with Crippen LogP contribution < -0.4 is 5.73 Å². The Morgan fingerprint density at radius 2 is 2.06 bits per heavy atom. The summed E-state index contributed by atoms with van der Waals surface area (Å²) in [4.78, 5) is 2.43. The Kier molecular flexibility index (Phi) is 4.20. The first-order valence-corrected chi connectivity index (χ1v) is 6.45. The van der Waals surface area contributed by atoms with Crippen molar-refractivity contribution in [1.29, 1.82) is 0 Å². The average Bonchev–Trinajstić information content (AvgIpc) is 2.41. The van der Waals surface area contributed by atoms with E-state index in [-0.39, 0.29) is 5.92 Å². The molecule has 0 amide bonds. The molecule has 4 nitrogen and oxygen atoms in total. The van der Waals surface area contributed by atoms with Crippen molar-refractivity contribution in [3.8, 4) is 0 Å². The van der Waals surface area contributed by atoms with E-state index in [0.717, 1.165) is 32.5 Å². The van der Waals surface area contributed by atoms with Gasteiger partial charge >= 0.3 is 0 Å². The lowest BCUT2D eigenvalue weighted by molar-refractivity contribution is 0.198. The second kappa shape index (κ2) is 5.87. The molecule has 1 aliphatic rings. The Labute approximate surface area is 108 Å². The molecule has 0 radical (unpaired) electrons. The highest BCUT2D eigenvalue weighted by Gasteiger charge is 2.22. The fourth-order valence-corrected chi connectivity index (χ4v) is 2.50. The quantitative estimate of drug-likeness (QED) is 0.371. The van der Waals surface area contributed by atoms with Crippen LogP contribution in [0, 0.1) is 12.8 Å². The molecule has 1 aromatic rings.